The first-order valence-corrected chi connectivity index (χ1v) is 8.00. The van der Waals surface area contributed by atoms with E-state index in [1.165, 1.54) is 12.3 Å². The van der Waals surface area contributed by atoms with Gasteiger partial charge in [0.1, 0.15) is 5.60 Å². The number of rotatable bonds is 2. The summed E-state index contributed by atoms with van der Waals surface area (Å²) in [5.74, 6) is 0. The van der Waals surface area contributed by atoms with Gasteiger partial charge in [0.05, 0.1) is 16.4 Å². The topological polar surface area (TPSA) is 54.5 Å². The molecule has 1 aromatic rings. The predicted molar refractivity (Wildman–Crippen MR) is 88.6 cm³/mol. The van der Waals surface area contributed by atoms with Crippen LogP contribution in [0.4, 0.5) is 14.9 Å². The Hall–Kier alpha value is -1.40. The van der Waals surface area contributed by atoms with Crippen LogP contribution in [0.3, 0.4) is 0 Å². The molecule has 0 saturated carbocycles. The highest BCUT2D eigenvalue weighted by Gasteiger charge is 2.37. The van der Waals surface area contributed by atoms with Gasteiger partial charge < -0.3 is 9.64 Å². The number of pyridine rings is 1. The molecule has 0 atom stereocenters. The van der Waals surface area contributed by atoms with Crippen LogP contribution in [0, 0.1) is 0 Å². The molecule has 0 bridgehead atoms. The number of aromatic nitrogens is 1. The van der Waals surface area contributed by atoms with Crippen LogP contribution in [0.15, 0.2) is 12.3 Å². The molecule has 2 heterocycles. The van der Waals surface area contributed by atoms with Gasteiger partial charge in [-0.25, -0.2) is 9.18 Å². The number of piperidine rings is 1. The van der Waals surface area contributed by atoms with Crippen molar-refractivity contribution in [2.45, 2.75) is 44.9 Å². The number of alkyl halides is 1. The summed E-state index contributed by atoms with van der Waals surface area (Å²) < 4.78 is 20.3. The zero-order valence-electron chi connectivity index (χ0n) is 13.9. The quantitative estimate of drug-likeness (QED) is 0.882. The van der Waals surface area contributed by atoms with Gasteiger partial charge >= 0.3 is 6.09 Å². The number of nitrogens with zero attached hydrogens (tertiary/aromatic N) is 2. The molecule has 7 heteroatoms. The molecule has 1 saturated heterocycles. The molecule has 1 aliphatic heterocycles. The average molecular weight is 344 g/mol. The van der Waals surface area contributed by atoms with Gasteiger partial charge in [-0.3, -0.25) is 10.3 Å². The normalized spacial score (nSPS) is 18.5. The number of amides is 1. The molecule has 0 aromatic carbocycles. The summed E-state index contributed by atoms with van der Waals surface area (Å²) in [6, 6.07) is 1.50. The lowest BCUT2D eigenvalue weighted by molar-refractivity contribution is 0.0622. The Balaban J connectivity index is 2.17. The lowest BCUT2D eigenvalue weighted by Gasteiger charge is -2.34. The van der Waals surface area contributed by atoms with Gasteiger partial charge in [-0.05, 0) is 46.7 Å². The van der Waals surface area contributed by atoms with Crippen molar-refractivity contribution < 1.29 is 13.9 Å². The minimum absolute atomic E-state index is 0.246. The monoisotopic (exact) mass is 343 g/mol. The second-order valence-electron chi connectivity index (χ2n) is 6.94. The van der Waals surface area contributed by atoms with E-state index in [1.807, 2.05) is 7.05 Å². The molecule has 1 fully saturated rings. The zero-order valence-corrected chi connectivity index (χ0v) is 14.7. The molecular weight excluding hydrogens is 321 g/mol. The Morgan fingerprint density at radius 1 is 1.43 bits per heavy atom. The highest BCUT2D eigenvalue weighted by molar-refractivity contribution is 6.33. The number of hydrogen-bond donors (Lipinski definition) is 1. The summed E-state index contributed by atoms with van der Waals surface area (Å²) in [7, 11) is 1.96. The number of halogens is 2. The van der Waals surface area contributed by atoms with E-state index in [0.717, 1.165) is 0 Å². The number of ether oxygens (including phenoxy) is 1. The average Bonchev–Trinajstić information content (AvgIpc) is 2.42. The van der Waals surface area contributed by atoms with E-state index in [0.29, 0.717) is 37.3 Å². The highest BCUT2D eigenvalue weighted by Crippen LogP contribution is 2.37. The first-order valence-electron chi connectivity index (χ1n) is 7.62. The number of nitrogens with one attached hydrogen (secondary N) is 1. The fourth-order valence-corrected chi connectivity index (χ4v) is 2.57. The maximum Gasteiger partial charge on any atom is 0.412 e. The van der Waals surface area contributed by atoms with Crippen LogP contribution in [0.25, 0.3) is 0 Å². The van der Waals surface area contributed by atoms with Crippen LogP contribution in [-0.4, -0.2) is 41.7 Å². The Kier molecular flexibility index (Phi) is 5.16. The highest BCUT2D eigenvalue weighted by atomic mass is 35.5. The molecule has 1 amide bonds. The molecule has 0 spiro atoms. The second-order valence-corrected chi connectivity index (χ2v) is 7.35. The molecule has 0 radical (unpaired) electrons. The predicted octanol–water partition coefficient (Wildman–Crippen LogP) is 3.97. The van der Waals surface area contributed by atoms with E-state index in [2.05, 4.69) is 15.2 Å². The van der Waals surface area contributed by atoms with Gasteiger partial charge in [-0.2, -0.15) is 0 Å². The minimum atomic E-state index is -1.50. The Morgan fingerprint density at radius 3 is 2.61 bits per heavy atom. The third-order valence-electron chi connectivity index (χ3n) is 3.73. The summed E-state index contributed by atoms with van der Waals surface area (Å²) >= 11 is 6.06. The van der Waals surface area contributed by atoms with Gasteiger partial charge in [-0.15, -0.1) is 0 Å². The second kappa shape index (κ2) is 6.61. The third-order valence-corrected chi connectivity index (χ3v) is 4.03. The lowest BCUT2D eigenvalue weighted by atomic mass is 9.89. The molecule has 23 heavy (non-hydrogen) atoms. The SMILES string of the molecule is CN1CCC(F)(c2cc(NC(=O)OC(C)(C)C)c(Cl)cn2)CC1. The molecule has 128 valence electrons. The van der Waals surface area contributed by atoms with Crippen molar-refractivity contribution >= 4 is 23.4 Å². The molecule has 1 aromatic heterocycles. The zero-order chi connectivity index (χ0) is 17.3. The summed E-state index contributed by atoms with van der Waals surface area (Å²) in [4.78, 5) is 18.1. The van der Waals surface area contributed by atoms with Crippen LogP contribution in [-0.2, 0) is 10.4 Å². The number of anilines is 1. The number of likely N-dealkylation sites (tertiary alicyclic amines) is 1. The van der Waals surface area contributed by atoms with E-state index in [-0.39, 0.29) is 5.02 Å². The Labute approximate surface area is 141 Å². The van der Waals surface area contributed by atoms with Crippen molar-refractivity contribution in [1.29, 1.82) is 0 Å². The van der Waals surface area contributed by atoms with E-state index in [9.17, 15) is 4.79 Å². The minimum Gasteiger partial charge on any atom is -0.444 e. The van der Waals surface area contributed by atoms with Crippen LogP contribution in [0.1, 0.15) is 39.3 Å². The van der Waals surface area contributed by atoms with Crippen molar-refractivity contribution in [1.82, 2.24) is 9.88 Å². The van der Waals surface area contributed by atoms with Gasteiger partial charge in [-0.1, -0.05) is 11.6 Å². The number of carbonyl (C=O) groups is 1. The van der Waals surface area contributed by atoms with Crippen molar-refractivity contribution in [2.24, 2.45) is 0 Å². The number of carbonyl (C=O) groups excluding carboxylic acids is 1. The standard InChI is InChI=1S/C16H23ClFN3O2/c1-15(2,3)23-14(22)20-12-9-13(19-10-11(12)17)16(18)5-7-21(4)8-6-16/h9-10H,5-8H2,1-4H3,(H,19,20,22). The largest absolute Gasteiger partial charge is 0.444 e. The van der Waals surface area contributed by atoms with Gasteiger partial charge in [0.25, 0.3) is 0 Å². The summed E-state index contributed by atoms with van der Waals surface area (Å²) in [5, 5.41) is 2.81. The fraction of sp³-hybridized carbons (Fsp3) is 0.625. The maximum absolute atomic E-state index is 15.1. The molecule has 1 aliphatic rings. The van der Waals surface area contributed by atoms with Crippen molar-refractivity contribution in [3.8, 4) is 0 Å². The molecular formula is C16H23ClFN3O2. The molecule has 0 unspecified atom stereocenters. The van der Waals surface area contributed by atoms with Crippen molar-refractivity contribution in [3.05, 3.63) is 23.0 Å². The van der Waals surface area contributed by atoms with Gasteiger partial charge in [0, 0.05) is 19.3 Å². The van der Waals surface area contributed by atoms with E-state index in [1.54, 1.807) is 20.8 Å². The van der Waals surface area contributed by atoms with E-state index in [4.69, 9.17) is 16.3 Å². The van der Waals surface area contributed by atoms with Crippen LogP contribution < -0.4 is 5.32 Å². The summed E-state index contributed by atoms with van der Waals surface area (Å²) in [6.45, 7) is 6.62. The molecule has 0 aliphatic carbocycles. The third kappa shape index (κ3) is 4.78. The molecule has 1 N–H and O–H groups in total. The molecule has 2 rings (SSSR count). The Morgan fingerprint density at radius 2 is 2.04 bits per heavy atom. The maximum atomic E-state index is 15.1. The van der Waals surface area contributed by atoms with Crippen LogP contribution in [0.2, 0.25) is 5.02 Å². The van der Waals surface area contributed by atoms with Crippen LogP contribution in [0.5, 0.6) is 0 Å². The summed E-state index contributed by atoms with van der Waals surface area (Å²) in [5.41, 5.74) is -1.52. The molecule has 5 nitrogen and oxygen atoms in total. The smallest absolute Gasteiger partial charge is 0.412 e. The first-order chi connectivity index (χ1) is 10.6. The van der Waals surface area contributed by atoms with Gasteiger partial charge in [0.15, 0.2) is 5.67 Å². The van der Waals surface area contributed by atoms with Crippen molar-refractivity contribution in [3.63, 3.8) is 0 Å². The summed E-state index contributed by atoms with van der Waals surface area (Å²) in [6.07, 6.45) is 1.46. The van der Waals surface area contributed by atoms with Crippen molar-refractivity contribution in [2.75, 3.05) is 25.5 Å². The fourth-order valence-electron chi connectivity index (χ4n) is 2.42. The lowest BCUT2D eigenvalue weighted by Crippen LogP contribution is -2.38. The van der Waals surface area contributed by atoms with E-state index >= 15 is 4.39 Å². The van der Waals surface area contributed by atoms with Crippen LogP contribution >= 0.6 is 11.6 Å². The van der Waals surface area contributed by atoms with E-state index < -0.39 is 17.4 Å². The van der Waals surface area contributed by atoms with Gasteiger partial charge in [0.2, 0.25) is 0 Å². The Bertz CT molecular complexity index is 581. The first kappa shape index (κ1) is 17.9. The number of hydrogen-bond acceptors (Lipinski definition) is 4.